The predicted molar refractivity (Wildman–Crippen MR) is 502 cm³/mol. The van der Waals surface area contributed by atoms with Crippen molar-refractivity contribution >= 4 is 82.1 Å². The Morgan fingerprint density at radius 2 is 0.890 bits per heavy atom. The van der Waals surface area contributed by atoms with E-state index in [0.29, 0.717) is 19.4 Å². The van der Waals surface area contributed by atoms with Crippen LogP contribution in [0.3, 0.4) is 0 Å². The van der Waals surface area contributed by atoms with Gasteiger partial charge in [0.1, 0.15) is 182 Å². The number of hydrogen-bond donors (Lipinski definition) is 24. The highest BCUT2D eigenvalue weighted by atomic mass is 32.2. The number of aryl methyl sites for hydroxylation is 1. The third-order valence-corrected chi connectivity index (χ3v) is 31.4. The number of nitrogens with two attached hydrogens (primary N) is 1. The quantitative estimate of drug-likeness (QED) is 0.0171. The van der Waals surface area contributed by atoms with Crippen molar-refractivity contribution in [3.05, 3.63) is 21.7 Å². The van der Waals surface area contributed by atoms with Crippen molar-refractivity contribution in [3.63, 3.8) is 0 Å². The summed E-state index contributed by atoms with van der Waals surface area (Å²) in [6.07, 6.45) is -67.3. The molecule has 23 fully saturated rings. The second-order valence-corrected chi connectivity index (χ2v) is 42.7. The number of esters is 1. The number of aliphatic hydroxyl groups is 20. The molecule has 1 amide bonds. The van der Waals surface area contributed by atoms with Crippen molar-refractivity contribution in [2.24, 2.45) is 34.8 Å². The maximum absolute atomic E-state index is 13.9. The molecule has 1 aromatic rings. The number of ether oxygens (including phenoxy) is 18. The van der Waals surface area contributed by atoms with E-state index in [-0.39, 0.29) is 117 Å². The van der Waals surface area contributed by atoms with Crippen molar-refractivity contribution in [2.45, 2.75) is 391 Å². The number of carbonyl (C=O) groups is 7. The highest BCUT2D eigenvalue weighted by Gasteiger charge is 2.62. The van der Waals surface area contributed by atoms with Gasteiger partial charge in [-0.3, -0.25) is 33.6 Å². The summed E-state index contributed by atoms with van der Waals surface area (Å²) in [4.78, 5) is 93.8. The lowest BCUT2D eigenvalue weighted by atomic mass is 9.72. The zero-order valence-electron chi connectivity index (χ0n) is 82.9. The van der Waals surface area contributed by atoms with E-state index in [1.807, 2.05) is 32.2 Å². The van der Waals surface area contributed by atoms with Crippen LogP contribution in [0.5, 0.6) is 0 Å². The zero-order valence-corrected chi connectivity index (χ0v) is 85.3. The molecular formula is C93H151N3O47S3. The first-order chi connectivity index (χ1) is 69.2. The molecule has 24 rings (SSSR count). The van der Waals surface area contributed by atoms with Crippen LogP contribution in [0.1, 0.15) is 150 Å². The van der Waals surface area contributed by atoms with Gasteiger partial charge in [0.05, 0.1) is 130 Å². The van der Waals surface area contributed by atoms with Gasteiger partial charge in [0.15, 0.2) is 44.0 Å². The summed E-state index contributed by atoms with van der Waals surface area (Å²) in [5.74, 6) is -8.52. The van der Waals surface area contributed by atoms with E-state index in [0.717, 1.165) is 71.9 Å². The number of ketones is 3. The highest BCUT2D eigenvalue weighted by molar-refractivity contribution is 7.99. The lowest BCUT2D eigenvalue weighted by Crippen LogP contribution is -2.68. The van der Waals surface area contributed by atoms with E-state index >= 15 is 0 Å². The van der Waals surface area contributed by atoms with Crippen LogP contribution < -0.4 is 11.1 Å². The smallest absolute Gasteiger partial charge is 0.307 e. The molecule has 44 atom stereocenters. The monoisotopic (exact) mass is 2160 g/mol. The summed E-state index contributed by atoms with van der Waals surface area (Å²) < 4.78 is 105. The number of amides is 1. The second-order valence-electron chi connectivity index (χ2n) is 39.5. The number of unbranched alkanes of at least 4 members (excludes halogenated alkanes) is 2. The number of carboxylic acids is 2. The standard InChI is InChI=1S/C60H98O41S2.C33H53N3O6S/c1-3-21(52(82)83)16-102-18-29-50-36(73)43(80)59(93-29)98-48-27(14-64)89-55(39(76)32(48)69)95-45-24(11-61)88-54(38(75)31(45)68)96-46-26(13-63)92-58(42(79)35(46)72)101-51-30(19-103-17-22(53(84)85)10-23(67)5-7-87-9-8-86-6-4-20(2)66)94-60(44(81)37(51)74)99-49-28(15-65)90-56(40(77)33(49)70)97-47-25(12-62)91-57(100-50)41(78)34(47)71;1-20-12-11-14-33(7)27(42-33)17-25(21(2)16-24-19-43-23(4)35-24)36-28(37)18-26(41-29(38)13-9-8-10-15-34)32(5,6)31(40)22(3)30(20)39/h21-22,24-51,54-65,68-81H,3-19H2,1-2H3,(H,82,83)(H,84,85);16,19-20,22,25-27,30,39H,8-15,17-18,34H2,1-7H3,(H,36,37)/b;21-16+/t21?,22?,24?,25?,26?,27?,28?,29?,30?,31-,32-,33-,34-,35-,36-,37-,38?,39?,40?,41?,42?,43?,44?,45-,46-,47-,48-,49-,50-,51-,54-,55-,56+,57-,58-,59+,60-;20-,22+,25-,26-,27-,30-,33+/m10/s1. The lowest BCUT2D eigenvalue weighted by molar-refractivity contribution is -0.395. The van der Waals surface area contributed by atoms with Gasteiger partial charge in [0.2, 0.25) is 5.91 Å². The largest absolute Gasteiger partial charge is 0.481 e. The van der Waals surface area contributed by atoms with Crippen LogP contribution in [0, 0.1) is 36.0 Å². The maximum Gasteiger partial charge on any atom is 0.307 e. The minimum absolute atomic E-state index is 0.0226. The van der Waals surface area contributed by atoms with Crippen LogP contribution in [0.4, 0.5) is 0 Å². The molecule has 23 aliphatic heterocycles. The summed E-state index contributed by atoms with van der Waals surface area (Å²) in [6, 6.07) is -0.319. The molecule has 1 aromatic heterocycles. The number of aliphatic hydroxyl groups excluding tert-OH is 20. The summed E-state index contributed by atoms with van der Waals surface area (Å²) in [7, 11) is 0. The number of nitrogens with one attached hydrogen (secondary N) is 1. The number of carboxylic acid groups (broad SMARTS) is 2. The minimum atomic E-state index is -2.31. The summed E-state index contributed by atoms with van der Waals surface area (Å²) in [5, 5.41) is 254. The van der Waals surface area contributed by atoms with Crippen molar-refractivity contribution in [1.29, 1.82) is 0 Å². The number of nitrogens with zero attached hydrogens (tertiary/aromatic N) is 1. The lowest BCUT2D eigenvalue weighted by Gasteiger charge is -2.50. The van der Waals surface area contributed by atoms with Crippen LogP contribution in [-0.4, -0.2) is 492 Å². The van der Waals surface area contributed by atoms with E-state index in [2.05, 4.69) is 17.2 Å². The predicted octanol–water partition coefficient (Wildman–Crippen LogP) is -6.46. The molecule has 53 heteroatoms. The minimum Gasteiger partial charge on any atom is -0.481 e. The number of carbonyl (C=O) groups excluding carboxylic acids is 5. The maximum atomic E-state index is 13.9. The Morgan fingerprint density at radius 3 is 1.25 bits per heavy atom. The molecule has 25 N–H and O–H groups in total. The Hall–Kier alpha value is -4.56. The fourth-order valence-electron chi connectivity index (χ4n) is 18.9. The summed E-state index contributed by atoms with van der Waals surface area (Å²) in [6.45, 7) is 11.4. The molecule has 0 aromatic carbocycles. The molecule has 146 heavy (non-hydrogen) atoms. The number of thiazole rings is 1. The van der Waals surface area contributed by atoms with Gasteiger partial charge in [-0.25, -0.2) is 4.98 Å². The van der Waals surface area contributed by atoms with E-state index in [1.165, 1.54) is 6.92 Å². The average Bonchev–Trinajstić information content (AvgIpc) is 1.55. The Balaban J connectivity index is 0.000000422. The van der Waals surface area contributed by atoms with E-state index < -0.39 is 319 Å². The van der Waals surface area contributed by atoms with Gasteiger partial charge in [0.25, 0.3) is 0 Å². The number of rotatable bonds is 35. The number of hydrogen-bond acceptors (Lipinski definition) is 50. The third-order valence-electron chi connectivity index (χ3n) is 28.2. The van der Waals surface area contributed by atoms with Crippen molar-refractivity contribution in [1.82, 2.24) is 10.3 Å². The molecule has 16 unspecified atom stereocenters. The topological polar surface area (TPSA) is 785 Å². The van der Waals surface area contributed by atoms with E-state index in [4.69, 9.17) is 91.0 Å². The van der Waals surface area contributed by atoms with Crippen LogP contribution in [-0.2, 0) is 119 Å². The average molecular weight is 2160 g/mol. The summed E-state index contributed by atoms with van der Waals surface area (Å²) in [5.41, 5.74) is 5.88. The summed E-state index contributed by atoms with van der Waals surface area (Å²) >= 11 is 3.30. The Labute approximate surface area is 855 Å². The second kappa shape index (κ2) is 57.2. The first-order valence-corrected chi connectivity index (χ1v) is 52.6. The fourth-order valence-corrected chi connectivity index (χ4v) is 22.0. The van der Waals surface area contributed by atoms with Crippen molar-refractivity contribution < 1.29 is 231 Å². The SMILES string of the molecule is C/C(=C\c1csc(C)n1)[C@@H]1C[C@@H]2O[C@]2(C)CCC[C@H](C)[C@H](O)[C@@H](C)C(=O)C(C)(C)[C@@H](OC(=O)CCCCCN)CC(=O)N1.CCC(CSCC1O[C@H]2O[C@@H]3C(CO)O[C@H](O[C@@H]4C(CO)O[C@H](O[C@@H]5C(CO)O[C@H](O[C@@H]6C(CSCC(CC(=O)CCOCCOCCC(C)=O)C(=O)O)O[C@H](O[C@@H]7C(CO)O[C@@H](O[C@@H]8C(CO)O[C@H](O[C@H]1[C@H](O)C2O)C(O)[C@H]8O)C(O)[C@H]7O)C(O)[C@H]6O)C(O)[C@H]5O)C(O)[C@H]4O)C(O)[C@H]3O)C(=O)O. The third kappa shape index (κ3) is 31.9. The van der Waals surface area contributed by atoms with E-state index in [9.17, 15) is 146 Å². The molecule has 838 valence electrons. The molecule has 23 saturated heterocycles. The number of thioether (sulfide) groups is 2. The number of aromatic nitrogens is 1. The highest BCUT2D eigenvalue weighted by Crippen LogP contribution is 2.47. The van der Waals surface area contributed by atoms with Crippen molar-refractivity contribution in [2.75, 3.05) is 89.0 Å². The molecule has 0 radical (unpaired) electrons. The van der Waals surface area contributed by atoms with Crippen LogP contribution in [0.25, 0.3) is 6.08 Å². The van der Waals surface area contributed by atoms with Crippen LogP contribution in [0.15, 0.2) is 11.0 Å². The Bertz CT molecular complexity index is 4250. The molecule has 23 aliphatic rings. The molecule has 0 aliphatic carbocycles. The van der Waals surface area contributed by atoms with Gasteiger partial charge in [-0.1, -0.05) is 33.6 Å². The van der Waals surface area contributed by atoms with Gasteiger partial charge in [-0.05, 0) is 97.8 Å². The first-order valence-electron chi connectivity index (χ1n) is 49.4. The van der Waals surface area contributed by atoms with Crippen molar-refractivity contribution in [3.8, 4) is 0 Å². The number of aliphatic carboxylic acids is 2. The molecule has 14 bridgehead atoms. The van der Waals surface area contributed by atoms with Gasteiger partial charge in [-0.2, -0.15) is 23.5 Å². The van der Waals surface area contributed by atoms with Crippen LogP contribution in [0.2, 0.25) is 0 Å². The van der Waals surface area contributed by atoms with Gasteiger partial charge in [0, 0.05) is 66.4 Å². The molecule has 0 spiro atoms. The Morgan fingerprint density at radius 1 is 0.514 bits per heavy atom. The van der Waals surface area contributed by atoms with E-state index in [1.54, 1.807) is 39.0 Å². The number of fused-ring (bicyclic) bond motifs is 1. The van der Waals surface area contributed by atoms with Gasteiger partial charge in [-0.15, -0.1) is 11.3 Å². The van der Waals surface area contributed by atoms with Crippen LogP contribution >= 0.6 is 34.9 Å². The van der Waals surface area contributed by atoms with Gasteiger partial charge >= 0.3 is 17.9 Å². The molecule has 24 heterocycles. The van der Waals surface area contributed by atoms with Gasteiger partial charge < -0.3 is 209 Å². The molecular weight excluding hydrogens is 2010 g/mol. The first kappa shape index (κ1) is 123. The molecule has 50 nitrogen and oxygen atoms in total. The molecule has 0 saturated carbocycles. The normalized spacial score (nSPS) is 41.2. The fraction of sp³-hybridized carbons (Fsp3) is 0.871. The zero-order chi connectivity index (χ0) is 107. The Kier molecular flexibility index (Phi) is 48.3. The number of Topliss-reactive ketones (excluding diaryl/α,β-unsaturated/α-hetero) is 3. The number of epoxide rings is 1.